The second-order valence-electron chi connectivity index (χ2n) is 5.89. The maximum Gasteiger partial charge on any atom is 0.230 e. The van der Waals surface area contributed by atoms with Crippen LogP contribution in [0.3, 0.4) is 0 Å². The molecule has 8 heteroatoms. The van der Waals surface area contributed by atoms with E-state index in [0.29, 0.717) is 18.7 Å². The number of amides is 1. The van der Waals surface area contributed by atoms with E-state index in [1.165, 1.54) is 11.8 Å². The third-order valence-electron chi connectivity index (χ3n) is 3.89. The molecule has 3 rings (SSSR count). The summed E-state index contributed by atoms with van der Waals surface area (Å²) in [7, 11) is -2.90. The number of hydrogen-bond acceptors (Lipinski definition) is 5. The smallest absolute Gasteiger partial charge is 0.230 e. The number of benzene rings is 1. The molecule has 1 N–H and O–H groups in total. The fourth-order valence-electron chi connectivity index (χ4n) is 2.56. The number of hydrogen-bond donors (Lipinski definition) is 1. The van der Waals surface area contributed by atoms with E-state index in [1.54, 1.807) is 0 Å². The minimum Gasteiger partial charge on any atom is -0.459 e. The third kappa shape index (κ3) is 5.36. The van der Waals surface area contributed by atoms with Crippen LogP contribution in [0.15, 0.2) is 45.3 Å². The van der Waals surface area contributed by atoms with Gasteiger partial charge in [0, 0.05) is 15.3 Å². The Morgan fingerprint density at radius 1 is 1.24 bits per heavy atom. The van der Waals surface area contributed by atoms with Gasteiger partial charge in [-0.2, -0.15) is 0 Å². The van der Waals surface area contributed by atoms with E-state index in [0.717, 1.165) is 15.8 Å². The van der Waals surface area contributed by atoms with Gasteiger partial charge >= 0.3 is 0 Å². The molecule has 1 aliphatic rings. The van der Waals surface area contributed by atoms with Gasteiger partial charge in [0.25, 0.3) is 0 Å². The Balaban J connectivity index is 1.45. The number of halogens is 1. The summed E-state index contributed by atoms with van der Waals surface area (Å²) in [5.41, 5.74) is 0.971. The Labute approximate surface area is 159 Å². The molecule has 1 aliphatic heterocycles. The van der Waals surface area contributed by atoms with Crippen LogP contribution in [-0.2, 0) is 21.2 Å². The molecule has 2 aromatic rings. The van der Waals surface area contributed by atoms with Gasteiger partial charge < -0.3 is 9.73 Å². The maximum atomic E-state index is 11.9. The van der Waals surface area contributed by atoms with Crippen molar-refractivity contribution < 1.29 is 17.6 Å². The van der Waals surface area contributed by atoms with Crippen molar-refractivity contribution in [1.29, 1.82) is 0 Å². The van der Waals surface area contributed by atoms with Crippen LogP contribution < -0.4 is 5.32 Å². The third-order valence-corrected chi connectivity index (χ3v) is 7.70. The van der Waals surface area contributed by atoms with E-state index in [2.05, 4.69) is 21.2 Å². The van der Waals surface area contributed by atoms with Gasteiger partial charge in [-0.05, 0) is 30.7 Å². The lowest BCUT2D eigenvalue weighted by molar-refractivity contribution is -0.118. The molecule has 0 saturated carbocycles. The van der Waals surface area contributed by atoms with Crippen molar-refractivity contribution in [2.24, 2.45) is 0 Å². The highest BCUT2D eigenvalue weighted by Gasteiger charge is 2.28. The fraction of sp³-hybridized carbons (Fsp3) is 0.353. The number of carbonyl (C=O) groups excluding carboxylic acids is 1. The average Bonchev–Trinajstić information content (AvgIpc) is 3.18. The van der Waals surface area contributed by atoms with Crippen molar-refractivity contribution in [1.82, 2.24) is 5.32 Å². The van der Waals surface area contributed by atoms with E-state index in [-0.39, 0.29) is 28.4 Å². The van der Waals surface area contributed by atoms with E-state index in [4.69, 9.17) is 4.42 Å². The van der Waals surface area contributed by atoms with Crippen molar-refractivity contribution in [2.75, 3.05) is 17.3 Å². The summed E-state index contributed by atoms with van der Waals surface area (Å²) in [5.74, 6) is 2.00. The van der Waals surface area contributed by atoms with Crippen LogP contribution in [0.2, 0.25) is 0 Å². The van der Waals surface area contributed by atoms with Crippen LogP contribution in [0.25, 0.3) is 11.3 Å². The van der Waals surface area contributed by atoms with Crippen LogP contribution in [-0.4, -0.2) is 36.8 Å². The molecule has 0 unspecified atom stereocenters. The molecule has 0 aliphatic carbocycles. The summed E-state index contributed by atoms with van der Waals surface area (Å²) in [6.07, 6.45) is 0.634. The zero-order chi connectivity index (χ0) is 17.9. The highest BCUT2D eigenvalue weighted by molar-refractivity contribution is 9.10. The standard InChI is InChI=1S/C17H18BrNO4S2/c18-13-3-1-12(2-4-13)16-6-5-14(23-16)9-19-17(20)10-24-15-7-8-25(21,22)11-15/h1-6,15H,7-11H2,(H,19,20)/t15-/m0/s1. The molecule has 1 aromatic carbocycles. The van der Waals surface area contributed by atoms with Crippen LogP contribution >= 0.6 is 27.7 Å². The Bertz CT molecular complexity index is 846. The van der Waals surface area contributed by atoms with Gasteiger partial charge in [0.15, 0.2) is 9.84 Å². The maximum absolute atomic E-state index is 11.9. The van der Waals surface area contributed by atoms with Gasteiger partial charge in [-0.3, -0.25) is 4.79 Å². The van der Waals surface area contributed by atoms with Crippen LogP contribution in [0.4, 0.5) is 0 Å². The van der Waals surface area contributed by atoms with Crippen molar-refractivity contribution in [3.63, 3.8) is 0 Å². The first-order valence-electron chi connectivity index (χ1n) is 7.85. The van der Waals surface area contributed by atoms with E-state index in [1.807, 2.05) is 36.4 Å². The van der Waals surface area contributed by atoms with Gasteiger partial charge in [0.2, 0.25) is 5.91 Å². The number of carbonyl (C=O) groups is 1. The quantitative estimate of drug-likeness (QED) is 0.741. The van der Waals surface area contributed by atoms with E-state index in [9.17, 15) is 13.2 Å². The van der Waals surface area contributed by atoms with Crippen molar-refractivity contribution in [2.45, 2.75) is 18.2 Å². The molecule has 2 heterocycles. The van der Waals surface area contributed by atoms with Gasteiger partial charge in [-0.1, -0.05) is 28.1 Å². The zero-order valence-electron chi connectivity index (χ0n) is 13.4. The first-order valence-corrected chi connectivity index (χ1v) is 11.5. The van der Waals surface area contributed by atoms with Crippen molar-refractivity contribution in [3.05, 3.63) is 46.6 Å². The summed E-state index contributed by atoms with van der Waals surface area (Å²) >= 11 is 4.80. The first kappa shape index (κ1) is 18.5. The van der Waals surface area contributed by atoms with Gasteiger partial charge in [0.1, 0.15) is 11.5 Å². The highest BCUT2D eigenvalue weighted by Crippen LogP contribution is 2.25. The van der Waals surface area contributed by atoms with Crippen molar-refractivity contribution in [3.8, 4) is 11.3 Å². The molecule has 134 valence electrons. The molecule has 1 atom stereocenters. The SMILES string of the molecule is O=C(CS[C@H]1CCS(=O)(=O)C1)NCc1ccc(-c2ccc(Br)cc2)o1. The summed E-state index contributed by atoms with van der Waals surface area (Å²) in [4.78, 5) is 11.9. The molecule has 1 amide bonds. The van der Waals surface area contributed by atoms with E-state index < -0.39 is 9.84 Å². The molecule has 0 spiro atoms. The van der Waals surface area contributed by atoms with Crippen molar-refractivity contribution >= 4 is 43.4 Å². The summed E-state index contributed by atoms with van der Waals surface area (Å²) in [5, 5.41) is 2.84. The first-order chi connectivity index (χ1) is 11.9. The minimum absolute atomic E-state index is 0.0309. The number of rotatable bonds is 6. The van der Waals surface area contributed by atoms with Crippen LogP contribution in [0, 0.1) is 0 Å². The number of nitrogens with one attached hydrogen (secondary N) is 1. The van der Waals surface area contributed by atoms with Crippen LogP contribution in [0.5, 0.6) is 0 Å². The Kier molecular flexibility index (Phi) is 5.91. The molecule has 0 bridgehead atoms. The van der Waals surface area contributed by atoms with Gasteiger partial charge in [-0.25, -0.2) is 8.42 Å². The molecule has 1 saturated heterocycles. The summed E-state index contributed by atoms with van der Waals surface area (Å²) < 4.78 is 29.6. The van der Waals surface area contributed by atoms with E-state index >= 15 is 0 Å². The Morgan fingerprint density at radius 2 is 2.00 bits per heavy atom. The minimum atomic E-state index is -2.90. The number of sulfone groups is 1. The predicted octanol–water partition coefficient (Wildman–Crippen LogP) is 3.25. The van der Waals surface area contributed by atoms with Gasteiger partial charge in [-0.15, -0.1) is 11.8 Å². The largest absolute Gasteiger partial charge is 0.459 e. The van der Waals surface area contributed by atoms with Crippen LogP contribution in [0.1, 0.15) is 12.2 Å². The average molecular weight is 444 g/mol. The molecular weight excluding hydrogens is 426 g/mol. The molecule has 1 fully saturated rings. The second kappa shape index (κ2) is 7.97. The number of furan rings is 1. The fourth-order valence-corrected chi connectivity index (χ4v) is 6.30. The normalized spacial score (nSPS) is 19.0. The molecule has 25 heavy (non-hydrogen) atoms. The van der Waals surface area contributed by atoms with Gasteiger partial charge in [0.05, 0.1) is 23.8 Å². The Morgan fingerprint density at radius 3 is 2.68 bits per heavy atom. The Hall–Kier alpha value is -1.25. The summed E-state index contributed by atoms with van der Waals surface area (Å²) in [6.45, 7) is 0.318. The highest BCUT2D eigenvalue weighted by atomic mass is 79.9. The summed E-state index contributed by atoms with van der Waals surface area (Å²) in [6, 6.07) is 11.5. The lowest BCUT2D eigenvalue weighted by Gasteiger charge is -2.07. The lowest BCUT2D eigenvalue weighted by atomic mass is 10.2. The zero-order valence-corrected chi connectivity index (χ0v) is 16.6. The predicted molar refractivity (Wildman–Crippen MR) is 103 cm³/mol. The lowest BCUT2D eigenvalue weighted by Crippen LogP contribution is -2.25. The molecule has 0 radical (unpaired) electrons. The molecular formula is C17H18BrNO4S2. The number of thioether (sulfide) groups is 1. The topological polar surface area (TPSA) is 76.4 Å². The monoisotopic (exact) mass is 443 g/mol. The molecule has 5 nitrogen and oxygen atoms in total. The molecule has 1 aromatic heterocycles. The second-order valence-corrected chi connectivity index (χ2v) is 10.3.